The number of alkyl halides is 3. The van der Waals surface area contributed by atoms with Crippen LogP contribution in [0.2, 0.25) is 0 Å². The number of ether oxygens (including phenoxy) is 1. The first-order valence-corrected chi connectivity index (χ1v) is 8.10. The molecule has 0 saturated carbocycles. The summed E-state index contributed by atoms with van der Waals surface area (Å²) in [5.41, 5.74) is 0. The normalized spacial score (nSPS) is 26.8. The molecule has 2 aliphatic rings. The SMILES string of the molecule is CCN1CCC[C@@H]1[C@@H]1CCCN1C(=O)CCOCC(F)(F)F. The first kappa shape index (κ1) is 17.5. The summed E-state index contributed by atoms with van der Waals surface area (Å²) in [5.74, 6) is -0.0763. The van der Waals surface area contributed by atoms with Gasteiger partial charge in [-0.2, -0.15) is 13.2 Å². The molecule has 0 aromatic heterocycles. The molecule has 0 aromatic rings. The second kappa shape index (κ2) is 7.64. The van der Waals surface area contributed by atoms with Gasteiger partial charge in [0.2, 0.25) is 5.91 Å². The van der Waals surface area contributed by atoms with Crippen LogP contribution in [0, 0.1) is 0 Å². The number of carbonyl (C=O) groups is 1. The van der Waals surface area contributed by atoms with Crippen LogP contribution >= 0.6 is 0 Å². The van der Waals surface area contributed by atoms with Crippen LogP contribution in [-0.4, -0.2) is 66.8 Å². The molecule has 1 amide bonds. The van der Waals surface area contributed by atoms with E-state index in [1.54, 1.807) is 0 Å². The maximum Gasteiger partial charge on any atom is 0.411 e. The Bertz CT molecular complexity index is 376. The van der Waals surface area contributed by atoms with Gasteiger partial charge in [-0.05, 0) is 38.8 Å². The Balaban J connectivity index is 1.81. The minimum atomic E-state index is -4.33. The smallest absolute Gasteiger partial charge is 0.372 e. The van der Waals surface area contributed by atoms with E-state index in [-0.39, 0.29) is 25.0 Å². The summed E-state index contributed by atoms with van der Waals surface area (Å²) in [4.78, 5) is 16.6. The van der Waals surface area contributed by atoms with Gasteiger partial charge in [-0.25, -0.2) is 0 Å². The van der Waals surface area contributed by atoms with Gasteiger partial charge in [0.05, 0.1) is 13.0 Å². The quantitative estimate of drug-likeness (QED) is 0.704. The van der Waals surface area contributed by atoms with E-state index in [1.807, 2.05) is 4.90 Å². The fourth-order valence-electron chi connectivity index (χ4n) is 3.67. The average molecular weight is 322 g/mol. The molecule has 2 aliphatic heterocycles. The summed E-state index contributed by atoms with van der Waals surface area (Å²) < 4.78 is 40.6. The maximum atomic E-state index is 12.3. The van der Waals surface area contributed by atoms with E-state index in [0.717, 1.165) is 45.3 Å². The molecule has 2 atom stereocenters. The largest absolute Gasteiger partial charge is 0.411 e. The third-order valence-corrected chi connectivity index (χ3v) is 4.61. The zero-order valence-corrected chi connectivity index (χ0v) is 13.1. The Morgan fingerprint density at radius 2 is 1.86 bits per heavy atom. The van der Waals surface area contributed by atoms with Crippen LogP contribution in [0.15, 0.2) is 0 Å². The van der Waals surface area contributed by atoms with Crippen molar-refractivity contribution in [3.63, 3.8) is 0 Å². The Kier molecular flexibility index (Phi) is 6.09. The lowest BCUT2D eigenvalue weighted by molar-refractivity contribution is -0.175. The number of likely N-dealkylation sites (tertiary alicyclic amines) is 2. The fourth-order valence-corrected chi connectivity index (χ4v) is 3.67. The monoisotopic (exact) mass is 322 g/mol. The summed E-state index contributed by atoms with van der Waals surface area (Å²) in [5, 5.41) is 0. The van der Waals surface area contributed by atoms with Crippen LogP contribution in [-0.2, 0) is 9.53 Å². The maximum absolute atomic E-state index is 12.3. The van der Waals surface area contributed by atoms with Crippen molar-refractivity contribution in [1.29, 1.82) is 0 Å². The van der Waals surface area contributed by atoms with Gasteiger partial charge in [0.1, 0.15) is 6.61 Å². The predicted octanol–water partition coefficient (Wildman–Crippen LogP) is 2.43. The van der Waals surface area contributed by atoms with E-state index in [1.165, 1.54) is 0 Å². The summed E-state index contributed by atoms with van der Waals surface area (Å²) in [6, 6.07) is 0.630. The van der Waals surface area contributed by atoms with Gasteiger partial charge < -0.3 is 9.64 Å². The van der Waals surface area contributed by atoms with Gasteiger partial charge in [0.25, 0.3) is 0 Å². The lowest BCUT2D eigenvalue weighted by atomic mass is 10.0. The second-order valence-corrected chi connectivity index (χ2v) is 6.05. The molecule has 0 bridgehead atoms. The van der Waals surface area contributed by atoms with Crippen molar-refractivity contribution in [1.82, 2.24) is 9.80 Å². The van der Waals surface area contributed by atoms with E-state index < -0.39 is 12.8 Å². The minimum Gasteiger partial charge on any atom is -0.372 e. The molecule has 0 aliphatic carbocycles. The van der Waals surface area contributed by atoms with Crippen molar-refractivity contribution in [2.75, 3.05) is 32.8 Å². The molecule has 4 nitrogen and oxygen atoms in total. The van der Waals surface area contributed by atoms with E-state index in [4.69, 9.17) is 0 Å². The topological polar surface area (TPSA) is 32.8 Å². The van der Waals surface area contributed by atoms with E-state index in [2.05, 4.69) is 16.6 Å². The molecule has 0 unspecified atom stereocenters. The van der Waals surface area contributed by atoms with Crippen LogP contribution in [0.1, 0.15) is 39.0 Å². The predicted molar refractivity (Wildman–Crippen MR) is 76.5 cm³/mol. The molecule has 0 radical (unpaired) electrons. The van der Waals surface area contributed by atoms with Crippen molar-refractivity contribution in [3.05, 3.63) is 0 Å². The lowest BCUT2D eigenvalue weighted by Crippen LogP contribution is -2.48. The Morgan fingerprint density at radius 3 is 2.55 bits per heavy atom. The third kappa shape index (κ3) is 4.59. The number of nitrogens with zero attached hydrogens (tertiary/aromatic N) is 2. The molecular formula is C15H25F3N2O2. The molecule has 2 rings (SSSR count). The highest BCUT2D eigenvalue weighted by Crippen LogP contribution is 2.30. The van der Waals surface area contributed by atoms with Gasteiger partial charge in [0.15, 0.2) is 0 Å². The summed E-state index contributed by atoms with van der Waals surface area (Å²) in [6.07, 6.45) is -0.0566. The molecule has 2 heterocycles. The molecule has 0 aromatic carbocycles. The van der Waals surface area contributed by atoms with E-state index in [0.29, 0.717) is 6.04 Å². The van der Waals surface area contributed by atoms with Crippen LogP contribution in [0.5, 0.6) is 0 Å². The molecule has 0 N–H and O–H groups in total. The number of hydrogen-bond donors (Lipinski definition) is 0. The summed E-state index contributed by atoms with van der Waals surface area (Å²) >= 11 is 0. The van der Waals surface area contributed by atoms with Crippen LogP contribution in [0.4, 0.5) is 13.2 Å². The number of carbonyl (C=O) groups excluding carboxylic acids is 1. The van der Waals surface area contributed by atoms with Crippen LogP contribution in [0.25, 0.3) is 0 Å². The third-order valence-electron chi connectivity index (χ3n) is 4.61. The molecule has 2 saturated heterocycles. The standard InChI is InChI=1S/C15H25F3N2O2/c1-2-19-8-3-5-12(19)13-6-4-9-20(13)14(21)7-10-22-11-15(16,17)18/h12-13H,2-11H2,1H3/t12-,13+/m1/s1. The lowest BCUT2D eigenvalue weighted by Gasteiger charge is -2.34. The van der Waals surface area contributed by atoms with Crippen molar-refractivity contribution < 1.29 is 22.7 Å². The average Bonchev–Trinajstić information content (AvgIpc) is 3.09. The minimum absolute atomic E-state index is 0.0332. The Labute approximate surface area is 129 Å². The Morgan fingerprint density at radius 1 is 1.18 bits per heavy atom. The number of halogens is 3. The van der Waals surface area contributed by atoms with Crippen molar-refractivity contribution in [2.45, 2.75) is 57.3 Å². The molecule has 2 fully saturated rings. The Hall–Kier alpha value is -0.820. The van der Waals surface area contributed by atoms with Gasteiger partial charge in [-0.15, -0.1) is 0 Å². The second-order valence-electron chi connectivity index (χ2n) is 6.05. The molecule has 7 heteroatoms. The zero-order valence-electron chi connectivity index (χ0n) is 13.1. The van der Waals surface area contributed by atoms with Crippen LogP contribution < -0.4 is 0 Å². The molecule has 128 valence electrons. The van der Waals surface area contributed by atoms with Gasteiger partial charge in [-0.3, -0.25) is 9.69 Å². The highest BCUT2D eigenvalue weighted by Gasteiger charge is 2.38. The van der Waals surface area contributed by atoms with Crippen molar-refractivity contribution >= 4 is 5.91 Å². The number of rotatable bonds is 6. The first-order valence-electron chi connectivity index (χ1n) is 8.10. The number of hydrogen-bond acceptors (Lipinski definition) is 3. The van der Waals surface area contributed by atoms with Crippen LogP contribution in [0.3, 0.4) is 0 Å². The van der Waals surface area contributed by atoms with Gasteiger partial charge >= 0.3 is 6.18 Å². The summed E-state index contributed by atoms with van der Waals surface area (Å²) in [6.45, 7) is 3.47. The number of likely N-dealkylation sites (N-methyl/N-ethyl adjacent to an activating group) is 1. The zero-order chi connectivity index (χ0) is 16.2. The van der Waals surface area contributed by atoms with Crippen molar-refractivity contribution in [3.8, 4) is 0 Å². The highest BCUT2D eigenvalue weighted by molar-refractivity contribution is 5.77. The van der Waals surface area contributed by atoms with E-state index >= 15 is 0 Å². The number of amides is 1. The molecular weight excluding hydrogens is 297 g/mol. The van der Waals surface area contributed by atoms with Crippen molar-refractivity contribution in [2.24, 2.45) is 0 Å². The van der Waals surface area contributed by atoms with Gasteiger partial charge in [0, 0.05) is 18.6 Å². The highest BCUT2D eigenvalue weighted by atomic mass is 19.4. The van der Waals surface area contributed by atoms with E-state index in [9.17, 15) is 18.0 Å². The summed E-state index contributed by atoms with van der Waals surface area (Å²) in [7, 11) is 0. The fraction of sp³-hybridized carbons (Fsp3) is 0.933. The molecule has 0 spiro atoms. The van der Waals surface area contributed by atoms with Gasteiger partial charge in [-0.1, -0.05) is 6.92 Å². The first-order chi connectivity index (χ1) is 10.4. The molecule has 22 heavy (non-hydrogen) atoms.